The maximum Gasteiger partial charge on any atom is 0.159 e. The first-order valence-corrected chi connectivity index (χ1v) is 37.4. The van der Waals surface area contributed by atoms with E-state index in [0.717, 1.165) is 123 Å². The monoisotopic (exact) mass is 1470 g/mol. The third-order valence-electron chi connectivity index (χ3n) is 23.3. The molecule has 0 heterocycles. The molecule has 0 fully saturated rings. The normalized spacial score (nSPS) is 16.1. The van der Waals surface area contributed by atoms with Gasteiger partial charge >= 0.3 is 0 Å². The van der Waals surface area contributed by atoms with Crippen molar-refractivity contribution >= 4 is 46.3 Å². The van der Waals surface area contributed by atoms with Crippen LogP contribution in [0.5, 0.6) is 23.0 Å². The molecular formula is C103H64F6N2O2. The van der Waals surface area contributed by atoms with Crippen molar-refractivity contribution in [3.63, 3.8) is 0 Å². The quantitative estimate of drug-likeness (QED) is 0.0900. The van der Waals surface area contributed by atoms with Gasteiger partial charge in [0.05, 0.1) is 16.2 Å². The molecule has 0 bridgehead atoms. The van der Waals surface area contributed by atoms with Gasteiger partial charge in [-0.05, 0) is 292 Å². The zero-order valence-corrected chi connectivity index (χ0v) is 60.5. The number of hydrogen-bond donors (Lipinski definition) is 0. The summed E-state index contributed by atoms with van der Waals surface area (Å²) in [6.07, 6.45) is 3.54. The molecule has 2 unspecified atom stereocenters. The fourth-order valence-corrected chi connectivity index (χ4v) is 18.5. The summed E-state index contributed by atoms with van der Waals surface area (Å²) in [5.41, 5.74) is 20.3. The molecule has 16 aromatic rings. The molecule has 2 atom stereocenters. The van der Waals surface area contributed by atoms with Crippen LogP contribution in [0.3, 0.4) is 0 Å². The first-order chi connectivity index (χ1) is 55.3. The summed E-state index contributed by atoms with van der Waals surface area (Å²) in [6.45, 7) is 7.79. The lowest BCUT2D eigenvalue weighted by Gasteiger charge is -2.35. The molecule has 0 saturated heterocycles. The minimum absolute atomic E-state index is 0.416. The van der Waals surface area contributed by atoms with Crippen LogP contribution in [0, 0.1) is 34.9 Å². The van der Waals surface area contributed by atoms with Crippen LogP contribution >= 0.6 is 0 Å². The molecule has 1 spiro atoms. The number of ether oxygens (including phenoxy) is 2. The Bertz CT molecular complexity index is 6160. The van der Waals surface area contributed by atoms with E-state index >= 15 is 26.3 Å². The minimum atomic E-state index is -1.23. The van der Waals surface area contributed by atoms with Crippen molar-refractivity contribution in [1.29, 1.82) is 0 Å². The Balaban J connectivity index is 0.768. The molecule has 0 saturated carbocycles. The van der Waals surface area contributed by atoms with E-state index in [-0.39, 0.29) is 0 Å². The lowest BCUT2D eigenvalue weighted by Crippen LogP contribution is -2.29. The van der Waals surface area contributed by atoms with E-state index in [0.29, 0.717) is 56.9 Å². The van der Waals surface area contributed by atoms with E-state index in [1.54, 1.807) is 48.6 Å². The van der Waals surface area contributed by atoms with Crippen molar-refractivity contribution in [2.24, 2.45) is 0 Å². The summed E-state index contributed by atoms with van der Waals surface area (Å²) in [4.78, 5) is 4.27. The maximum atomic E-state index is 16.3. The van der Waals surface area contributed by atoms with Crippen LogP contribution in [0.2, 0.25) is 0 Å². The van der Waals surface area contributed by atoms with Crippen LogP contribution in [0.25, 0.3) is 56.7 Å². The van der Waals surface area contributed by atoms with Crippen LogP contribution in [0.1, 0.15) is 77.9 Å². The van der Waals surface area contributed by atoms with Crippen molar-refractivity contribution in [2.45, 2.75) is 16.2 Å². The number of anilines is 6. The highest BCUT2D eigenvalue weighted by Crippen LogP contribution is 2.66. The highest BCUT2D eigenvalue weighted by molar-refractivity contribution is 5.99. The van der Waals surface area contributed by atoms with Crippen LogP contribution in [-0.2, 0) is 16.2 Å². The first-order valence-electron chi connectivity index (χ1n) is 37.4. The average Bonchev–Trinajstić information content (AvgIpc) is 1.48. The van der Waals surface area contributed by atoms with Crippen molar-refractivity contribution in [1.82, 2.24) is 0 Å². The Hall–Kier alpha value is -14.2. The van der Waals surface area contributed by atoms with E-state index < -0.39 is 51.1 Å². The summed E-state index contributed by atoms with van der Waals surface area (Å²) in [5, 5.41) is 0. The highest BCUT2D eigenvalue weighted by atomic mass is 19.2. The molecule has 0 amide bonds. The summed E-state index contributed by atoms with van der Waals surface area (Å²) >= 11 is 0. The van der Waals surface area contributed by atoms with Gasteiger partial charge in [-0.15, -0.1) is 0 Å². The Morgan fingerprint density at radius 3 is 0.779 bits per heavy atom. The fraction of sp³-hybridized carbons (Fsp3) is 0.0291. The third kappa shape index (κ3) is 10.5. The van der Waals surface area contributed by atoms with Gasteiger partial charge in [-0.1, -0.05) is 207 Å². The number of benzene rings is 16. The number of hydrogen-bond acceptors (Lipinski definition) is 4. The molecule has 4 nitrogen and oxygen atoms in total. The Labute approximate surface area is 649 Å². The molecule has 113 heavy (non-hydrogen) atoms. The number of fused-ring (bicyclic) bond motifs is 16. The molecule has 0 aromatic heterocycles. The minimum Gasteiger partial charge on any atom is -0.457 e. The zero-order valence-electron chi connectivity index (χ0n) is 60.5. The standard InChI is InChI=1S/C103H64F6N2O2/c1-3-63-21-43-77(44-22-63)112-79-47-25-65(26-48-79)101(67-29-55-97(106)99(108)57-67)89-17-9-5-13-81(89)85-51-39-73(59-93(85)101)110(71-35-31-69(104)32-36-71)75-41-53-87-83-15-7-11-19-91(83)103(95(87)61-75)92-20-12-8-16-84(92)88-54-42-76(62-96(88)103)111(72-37-33-70(105)34-38-72)74-40-52-86-82-14-6-10-18-90(82)102(94(86)60-74,68-30-56-98(107)100(109)58-68)66-27-49-80(50-28-66)113-78-45-23-64(4-2)24-46-78/h3-62H,1-2H2. The van der Waals surface area contributed by atoms with Gasteiger partial charge in [-0.25, -0.2) is 26.3 Å². The lowest BCUT2D eigenvalue weighted by atomic mass is 9.67. The molecule has 4 aliphatic rings. The van der Waals surface area contributed by atoms with Gasteiger partial charge in [0.2, 0.25) is 0 Å². The average molecular weight is 1480 g/mol. The fourth-order valence-electron chi connectivity index (χ4n) is 18.5. The summed E-state index contributed by atoms with van der Waals surface area (Å²) in [6, 6.07) is 111. The number of halogens is 6. The molecule has 16 aromatic carbocycles. The molecule has 4 aliphatic carbocycles. The zero-order chi connectivity index (χ0) is 76.4. The van der Waals surface area contributed by atoms with Crippen molar-refractivity contribution in [2.75, 3.05) is 9.80 Å². The number of rotatable bonds is 16. The maximum absolute atomic E-state index is 16.3. The second-order valence-corrected chi connectivity index (χ2v) is 29.0. The van der Waals surface area contributed by atoms with Gasteiger partial charge in [0.1, 0.15) is 34.6 Å². The van der Waals surface area contributed by atoms with E-state index in [9.17, 15) is 0 Å². The predicted octanol–water partition coefficient (Wildman–Crippen LogP) is 27.4. The summed E-state index contributed by atoms with van der Waals surface area (Å²) in [5.74, 6) is -2.36. The first kappa shape index (κ1) is 68.1. The Morgan fingerprint density at radius 1 is 0.221 bits per heavy atom. The predicted molar refractivity (Wildman–Crippen MR) is 440 cm³/mol. The van der Waals surface area contributed by atoms with Gasteiger partial charge in [0.25, 0.3) is 0 Å². The molecule has 20 rings (SSSR count). The summed E-state index contributed by atoms with van der Waals surface area (Å²) in [7, 11) is 0. The van der Waals surface area contributed by atoms with Crippen molar-refractivity contribution in [3.05, 3.63) is 478 Å². The van der Waals surface area contributed by atoms with Gasteiger partial charge < -0.3 is 19.3 Å². The van der Waals surface area contributed by atoms with E-state index in [1.165, 1.54) is 48.5 Å². The van der Waals surface area contributed by atoms with E-state index in [4.69, 9.17) is 9.47 Å². The van der Waals surface area contributed by atoms with Crippen LogP contribution in [0.4, 0.5) is 60.5 Å². The molecule has 0 aliphatic heterocycles. The van der Waals surface area contributed by atoms with Gasteiger partial charge in [0.15, 0.2) is 23.3 Å². The molecule has 540 valence electrons. The molecule has 10 heteroatoms. The van der Waals surface area contributed by atoms with Gasteiger partial charge in [-0.2, -0.15) is 0 Å². The summed E-state index contributed by atoms with van der Waals surface area (Å²) < 4.78 is 108. The Kier molecular flexibility index (Phi) is 16.0. The second kappa shape index (κ2) is 26.5. The van der Waals surface area contributed by atoms with Crippen LogP contribution in [0.15, 0.2) is 365 Å². The largest absolute Gasteiger partial charge is 0.457 e. The van der Waals surface area contributed by atoms with Crippen molar-refractivity contribution < 1.29 is 35.8 Å². The smallest absolute Gasteiger partial charge is 0.159 e. The van der Waals surface area contributed by atoms with Crippen LogP contribution < -0.4 is 19.3 Å². The van der Waals surface area contributed by atoms with Gasteiger partial charge in [-0.3, -0.25) is 0 Å². The van der Waals surface area contributed by atoms with E-state index in [1.807, 2.05) is 121 Å². The highest BCUT2D eigenvalue weighted by Gasteiger charge is 2.54. The second-order valence-electron chi connectivity index (χ2n) is 29.0. The molecule has 0 radical (unpaired) electrons. The number of nitrogens with zero attached hydrogens (tertiary/aromatic N) is 2. The molecular weight excluding hydrogens is 1410 g/mol. The molecule has 0 N–H and O–H groups in total. The van der Waals surface area contributed by atoms with E-state index in [2.05, 4.69) is 169 Å². The van der Waals surface area contributed by atoms with Crippen LogP contribution in [-0.4, -0.2) is 0 Å². The SMILES string of the molecule is C=Cc1ccc(Oc2ccc(C3(c4ccc(F)c(F)c4)c4ccccc4-c4ccc(N(c5ccc(F)cc5)c5ccc6c(c5)C5(c7ccccc7-6)c6ccccc6-c6ccc(N(c7ccc(F)cc7)c7ccc8c(c7)C(c7ccc(Oc9ccc(C=C)cc9)cc7)(c7ccc(F)c(F)c7)c7ccccc7-8)cc65)cc43)cc2)cc1. The third-order valence-corrected chi connectivity index (χ3v) is 23.3. The topological polar surface area (TPSA) is 24.9 Å². The Morgan fingerprint density at radius 2 is 0.478 bits per heavy atom. The lowest BCUT2D eigenvalue weighted by molar-refractivity contribution is 0.482. The van der Waals surface area contributed by atoms with Crippen molar-refractivity contribution in [3.8, 4) is 67.5 Å². The van der Waals surface area contributed by atoms with Gasteiger partial charge in [0, 0.05) is 34.1 Å².